The second-order valence-electron chi connectivity index (χ2n) is 7.07. The standard InChI is InChI=1S/C20H20ClNO/c1-20-11-10-15-16(8-5-9-17(15)21)18(20)19(23)22(13-20)12-14-6-3-2-4-7-14/h2-9,18H,10-13H2,1H3/t18-,20-/m0/s1. The molecule has 2 aromatic rings. The Kier molecular flexibility index (Phi) is 3.46. The average molecular weight is 326 g/mol. The predicted molar refractivity (Wildman–Crippen MR) is 92.5 cm³/mol. The highest BCUT2D eigenvalue weighted by Gasteiger charge is 2.52. The molecule has 2 aliphatic rings. The van der Waals surface area contributed by atoms with Crippen LogP contribution in [0.4, 0.5) is 0 Å². The Morgan fingerprint density at radius 3 is 2.74 bits per heavy atom. The molecule has 118 valence electrons. The third-order valence-corrected chi connectivity index (χ3v) is 5.79. The number of benzene rings is 2. The van der Waals surface area contributed by atoms with Gasteiger partial charge in [0, 0.05) is 23.5 Å². The first-order chi connectivity index (χ1) is 11.1. The van der Waals surface area contributed by atoms with Crippen LogP contribution in [0.25, 0.3) is 0 Å². The molecule has 0 N–H and O–H groups in total. The van der Waals surface area contributed by atoms with Crippen molar-refractivity contribution in [2.45, 2.75) is 32.2 Å². The molecule has 1 aliphatic carbocycles. The van der Waals surface area contributed by atoms with Crippen LogP contribution in [0.2, 0.25) is 5.02 Å². The summed E-state index contributed by atoms with van der Waals surface area (Å²) in [5.41, 5.74) is 3.52. The van der Waals surface area contributed by atoms with Crippen LogP contribution in [0.3, 0.4) is 0 Å². The molecule has 23 heavy (non-hydrogen) atoms. The molecule has 0 spiro atoms. The van der Waals surface area contributed by atoms with Gasteiger partial charge >= 0.3 is 0 Å². The molecular formula is C20H20ClNO. The third-order valence-electron chi connectivity index (χ3n) is 5.44. The fraction of sp³-hybridized carbons (Fsp3) is 0.350. The first kappa shape index (κ1) is 14.8. The second-order valence-corrected chi connectivity index (χ2v) is 7.48. The molecule has 0 radical (unpaired) electrons. The summed E-state index contributed by atoms with van der Waals surface area (Å²) >= 11 is 6.37. The zero-order valence-electron chi connectivity index (χ0n) is 13.3. The SMILES string of the molecule is C[C@@]12CCc3c(Cl)cccc3[C@H]1C(=O)N(Cc1ccccc1)C2. The minimum absolute atomic E-state index is 0.0174. The predicted octanol–water partition coefficient (Wildman–Crippen LogP) is 4.42. The first-order valence-corrected chi connectivity index (χ1v) is 8.56. The zero-order valence-corrected chi connectivity index (χ0v) is 14.0. The Labute approximate surface area is 142 Å². The van der Waals surface area contributed by atoms with Crippen LogP contribution < -0.4 is 0 Å². The molecule has 1 saturated heterocycles. The van der Waals surface area contributed by atoms with Crippen molar-refractivity contribution in [3.05, 3.63) is 70.2 Å². The Morgan fingerprint density at radius 1 is 1.17 bits per heavy atom. The van der Waals surface area contributed by atoms with Crippen molar-refractivity contribution in [3.8, 4) is 0 Å². The van der Waals surface area contributed by atoms with Crippen LogP contribution in [0.5, 0.6) is 0 Å². The van der Waals surface area contributed by atoms with Gasteiger partial charge in [0.05, 0.1) is 5.92 Å². The van der Waals surface area contributed by atoms with Gasteiger partial charge in [-0.05, 0) is 35.6 Å². The maximum Gasteiger partial charge on any atom is 0.231 e. The van der Waals surface area contributed by atoms with E-state index in [0.717, 1.165) is 30.0 Å². The Morgan fingerprint density at radius 2 is 1.96 bits per heavy atom. The number of fused-ring (bicyclic) bond motifs is 3. The number of halogens is 1. The lowest BCUT2D eigenvalue weighted by Gasteiger charge is -2.35. The lowest BCUT2D eigenvalue weighted by molar-refractivity contribution is -0.129. The Hall–Kier alpha value is -1.80. The van der Waals surface area contributed by atoms with Gasteiger partial charge in [0.15, 0.2) is 0 Å². The minimum atomic E-state index is -0.0475. The fourth-order valence-electron chi connectivity index (χ4n) is 4.28. The lowest BCUT2D eigenvalue weighted by Crippen LogP contribution is -2.31. The number of carbonyl (C=O) groups is 1. The summed E-state index contributed by atoms with van der Waals surface area (Å²) in [6.45, 7) is 3.78. The van der Waals surface area contributed by atoms with Crippen LogP contribution in [-0.4, -0.2) is 17.4 Å². The molecule has 3 heteroatoms. The molecule has 1 heterocycles. The summed E-state index contributed by atoms with van der Waals surface area (Å²) in [6.07, 6.45) is 1.99. The lowest BCUT2D eigenvalue weighted by atomic mass is 9.67. The van der Waals surface area contributed by atoms with Crippen LogP contribution in [0.15, 0.2) is 48.5 Å². The van der Waals surface area contributed by atoms with Crippen molar-refractivity contribution in [2.24, 2.45) is 5.41 Å². The van der Waals surface area contributed by atoms with E-state index < -0.39 is 0 Å². The van der Waals surface area contributed by atoms with E-state index >= 15 is 0 Å². The van der Waals surface area contributed by atoms with Crippen LogP contribution in [0, 0.1) is 5.41 Å². The number of likely N-dealkylation sites (tertiary alicyclic amines) is 1. The zero-order chi connectivity index (χ0) is 16.0. The van der Waals surface area contributed by atoms with E-state index in [1.807, 2.05) is 35.2 Å². The van der Waals surface area contributed by atoms with Crippen LogP contribution >= 0.6 is 11.6 Å². The van der Waals surface area contributed by atoms with Gasteiger partial charge in [-0.25, -0.2) is 0 Å². The quantitative estimate of drug-likeness (QED) is 0.800. The molecular weight excluding hydrogens is 306 g/mol. The highest BCUT2D eigenvalue weighted by Crippen LogP contribution is 2.52. The molecule has 2 nitrogen and oxygen atoms in total. The highest BCUT2D eigenvalue weighted by molar-refractivity contribution is 6.31. The summed E-state index contributed by atoms with van der Waals surface area (Å²) < 4.78 is 0. The second kappa shape index (κ2) is 5.38. The van der Waals surface area contributed by atoms with Gasteiger partial charge in [-0.2, -0.15) is 0 Å². The van der Waals surface area contributed by atoms with Gasteiger partial charge in [0.1, 0.15) is 0 Å². The maximum absolute atomic E-state index is 13.1. The van der Waals surface area contributed by atoms with Crippen molar-refractivity contribution in [3.63, 3.8) is 0 Å². The molecule has 0 bridgehead atoms. The molecule has 4 rings (SSSR count). The number of hydrogen-bond acceptors (Lipinski definition) is 1. The largest absolute Gasteiger partial charge is 0.337 e. The van der Waals surface area contributed by atoms with Gasteiger partial charge in [0.25, 0.3) is 0 Å². The summed E-state index contributed by atoms with van der Waals surface area (Å²) in [5, 5.41) is 0.804. The van der Waals surface area contributed by atoms with E-state index in [1.54, 1.807) is 0 Å². The van der Waals surface area contributed by atoms with Crippen molar-refractivity contribution >= 4 is 17.5 Å². The monoisotopic (exact) mass is 325 g/mol. The van der Waals surface area contributed by atoms with Gasteiger partial charge in [-0.3, -0.25) is 4.79 Å². The molecule has 1 aliphatic heterocycles. The topological polar surface area (TPSA) is 20.3 Å². The molecule has 1 fully saturated rings. The summed E-state index contributed by atoms with van der Waals surface area (Å²) in [4.78, 5) is 15.1. The van der Waals surface area contributed by atoms with Crippen LogP contribution in [0.1, 0.15) is 36.0 Å². The molecule has 0 saturated carbocycles. The Bertz CT molecular complexity index is 757. The minimum Gasteiger partial charge on any atom is -0.337 e. The van der Waals surface area contributed by atoms with E-state index in [-0.39, 0.29) is 17.2 Å². The van der Waals surface area contributed by atoms with Crippen LogP contribution in [-0.2, 0) is 17.8 Å². The molecule has 0 aromatic heterocycles. The third kappa shape index (κ3) is 2.36. The van der Waals surface area contributed by atoms with Gasteiger partial charge in [0.2, 0.25) is 5.91 Å². The molecule has 2 aromatic carbocycles. The van der Waals surface area contributed by atoms with Crippen molar-refractivity contribution < 1.29 is 4.79 Å². The molecule has 0 unspecified atom stereocenters. The Balaban J connectivity index is 1.69. The summed E-state index contributed by atoms with van der Waals surface area (Å²) in [6, 6.07) is 16.2. The van der Waals surface area contributed by atoms with Crippen molar-refractivity contribution in [1.29, 1.82) is 0 Å². The van der Waals surface area contributed by atoms with E-state index in [9.17, 15) is 4.79 Å². The number of nitrogens with zero attached hydrogens (tertiary/aromatic N) is 1. The molecule has 2 atom stereocenters. The van der Waals surface area contributed by atoms with Gasteiger partial charge < -0.3 is 4.90 Å². The number of hydrogen-bond donors (Lipinski definition) is 0. The van der Waals surface area contributed by atoms with E-state index in [1.165, 1.54) is 11.1 Å². The first-order valence-electron chi connectivity index (χ1n) is 8.18. The number of rotatable bonds is 2. The van der Waals surface area contributed by atoms with E-state index in [4.69, 9.17) is 11.6 Å². The molecule has 1 amide bonds. The normalized spacial score (nSPS) is 26.1. The highest BCUT2D eigenvalue weighted by atomic mass is 35.5. The van der Waals surface area contributed by atoms with E-state index in [2.05, 4.69) is 25.1 Å². The van der Waals surface area contributed by atoms with Gasteiger partial charge in [-0.1, -0.05) is 61.0 Å². The average Bonchev–Trinajstić information content (AvgIpc) is 2.80. The number of amides is 1. The van der Waals surface area contributed by atoms with Gasteiger partial charge in [-0.15, -0.1) is 0 Å². The fourth-order valence-corrected chi connectivity index (χ4v) is 4.55. The number of carbonyl (C=O) groups excluding carboxylic acids is 1. The smallest absolute Gasteiger partial charge is 0.231 e. The summed E-state index contributed by atoms with van der Waals surface area (Å²) in [7, 11) is 0. The maximum atomic E-state index is 13.1. The van der Waals surface area contributed by atoms with Crippen molar-refractivity contribution in [1.82, 2.24) is 4.90 Å². The van der Waals surface area contributed by atoms with E-state index in [0.29, 0.717) is 6.54 Å². The summed E-state index contributed by atoms with van der Waals surface area (Å²) in [5.74, 6) is 0.202. The van der Waals surface area contributed by atoms with Crippen molar-refractivity contribution in [2.75, 3.05) is 6.54 Å².